The van der Waals surface area contributed by atoms with Crippen LogP contribution < -0.4 is 15.8 Å². The van der Waals surface area contributed by atoms with E-state index in [-0.39, 0.29) is 11.7 Å². The molecule has 5 rings (SSSR count). The third-order valence-electron chi connectivity index (χ3n) is 5.93. The number of nitrogens with two attached hydrogens (primary N) is 1. The number of nitrogens with one attached hydrogen (secondary N) is 2. The molecule has 1 fully saturated rings. The minimum absolute atomic E-state index is 0.133. The van der Waals surface area contributed by atoms with Crippen LogP contribution in [0.4, 0.5) is 16.0 Å². The van der Waals surface area contributed by atoms with Crippen molar-refractivity contribution in [2.75, 3.05) is 10.0 Å². The topological polar surface area (TPSA) is 98.9 Å². The summed E-state index contributed by atoms with van der Waals surface area (Å²) in [4.78, 5) is 9.44. The summed E-state index contributed by atoms with van der Waals surface area (Å²) < 4.78 is 30.1. The number of aromatic nitrogens is 2. The molecule has 1 aromatic heterocycles. The molecule has 0 aliphatic heterocycles. The van der Waals surface area contributed by atoms with E-state index in [2.05, 4.69) is 20.0 Å². The molecule has 1 aliphatic rings. The van der Waals surface area contributed by atoms with Crippen LogP contribution in [-0.4, -0.2) is 26.6 Å². The van der Waals surface area contributed by atoms with Crippen molar-refractivity contribution in [1.82, 2.24) is 9.97 Å². The lowest BCUT2D eigenvalue weighted by Gasteiger charge is -2.14. The van der Waals surface area contributed by atoms with E-state index >= 15 is 0 Å². The molecule has 174 valence electrons. The standard InChI is InChI=1S/C25H23ClFN5OS/c26-20-3-1-2-4-24(20)34(33)32-23-10-6-16(12-21(23)27)15-5-9-22-17(11-15)14-29-25(31-22)30-19-8-7-18(28)13-19/h1-6,9-12,14,18-19,32H,7-8,13,28H2,(H,29,30,31)/t18-,19?,34?/m1/s1. The van der Waals surface area contributed by atoms with E-state index in [1.165, 1.54) is 6.07 Å². The Labute approximate surface area is 205 Å². The zero-order valence-corrected chi connectivity index (χ0v) is 19.7. The third kappa shape index (κ3) is 4.95. The minimum atomic E-state index is -1.68. The van der Waals surface area contributed by atoms with Gasteiger partial charge in [0.2, 0.25) is 5.95 Å². The number of halogens is 2. The molecular formula is C25H23ClFN5OS. The fourth-order valence-electron chi connectivity index (χ4n) is 4.14. The van der Waals surface area contributed by atoms with Crippen LogP contribution in [0.1, 0.15) is 19.3 Å². The molecular weight excluding hydrogens is 473 g/mol. The molecule has 4 aromatic rings. The van der Waals surface area contributed by atoms with Gasteiger partial charge in [0, 0.05) is 23.7 Å². The number of hydrogen-bond donors (Lipinski definition) is 3. The van der Waals surface area contributed by atoms with E-state index in [0.29, 0.717) is 27.5 Å². The van der Waals surface area contributed by atoms with E-state index in [0.717, 1.165) is 35.7 Å². The summed E-state index contributed by atoms with van der Waals surface area (Å²) in [7, 11) is 0. The maximum absolute atomic E-state index is 14.8. The van der Waals surface area contributed by atoms with Gasteiger partial charge < -0.3 is 15.6 Å². The minimum Gasteiger partial charge on any atom is -0.588 e. The highest BCUT2D eigenvalue weighted by Gasteiger charge is 2.22. The van der Waals surface area contributed by atoms with Gasteiger partial charge in [-0.15, -0.1) is 0 Å². The summed E-state index contributed by atoms with van der Waals surface area (Å²) in [5.74, 6) is 0.0795. The van der Waals surface area contributed by atoms with Crippen LogP contribution in [0.2, 0.25) is 5.02 Å². The quantitative estimate of drug-likeness (QED) is 0.305. The van der Waals surface area contributed by atoms with Crippen LogP contribution >= 0.6 is 11.6 Å². The lowest BCUT2D eigenvalue weighted by Crippen LogP contribution is -2.21. The Morgan fingerprint density at radius 2 is 1.85 bits per heavy atom. The Kier molecular flexibility index (Phi) is 6.56. The van der Waals surface area contributed by atoms with E-state index in [9.17, 15) is 8.94 Å². The highest BCUT2D eigenvalue weighted by atomic mass is 35.5. The van der Waals surface area contributed by atoms with Gasteiger partial charge in [-0.05, 0) is 66.8 Å². The van der Waals surface area contributed by atoms with Crippen molar-refractivity contribution in [1.29, 1.82) is 0 Å². The van der Waals surface area contributed by atoms with Crippen LogP contribution in [0.5, 0.6) is 0 Å². The normalized spacial score (nSPS) is 18.7. The zero-order chi connectivity index (χ0) is 23.7. The van der Waals surface area contributed by atoms with Crippen LogP contribution in [0.3, 0.4) is 0 Å². The number of benzene rings is 3. The molecule has 3 aromatic carbocycles. The molecule has 1 heterocycles. The molecule has 34 heavy (non-hydrogen) atoms. The highest BCUT2D eigenvalue weighted by Crippen LogP contribution is 2.29. The van der Waals surface area contributed by atoms with E-state index < -0.39 is 17.2 Å². The summed E-state index contributed by atoms with van der Waals surface area (Å²) in [6.07, 6.45) is 4.71. The Morgan fingerprint density at radius 3 is 2.62 bits per heavy atom. The Balaban J connectivity index is 1.33. The molecule has 1 saturated carbocycles. The molecule has 1 aliphatic carbocycles. The van der Waals surface area contributed by atoms with Crippen molar-refractivity contribution in [3.8, 4) is 11.1 Å². The van der Waals surface area contributed by atoms with E-state index in [1.54, 1.807) is 42.6 Å². The fourth-order valence-corrected chi connectivity index (χ4v) is 5.41. The summed E-state index contributed by atoms with van der Waals surface area (Å²) in [6, 6.07) is 17.8. The molecule has 3 atom stereocenters. The lowest BCUT2D eigenvalue weighted by molar-refractivity contribution is 0.598. The molecule has 0 saturated heterocycles. The van der Waals surface area contributed by atoms with Gasteiger partial charge in [0.05, 0.1) is 10.5 Å². The Hall–Kier alpha value is -2.91. The van der Waals surface area contributed by atoms with Crippen molar-refractivity contribution < 1.29 is 8.94 Å². The predicted molar refractivity (Wildman–Crippen MR) is 136 cm³/mol. The second-order valence-corrected chi connectivity index (χ2v) is 9.97. The Morgan fingerprint density at radius 1 is 1.06 bits per heavy atom. The third-order valence-corrected chi connectivity index (χ3v) is 7.53. The monoisotopic (exact) mass is 495 g/mol. The molecule has 9 heteroatoms. The van der Waals surface area contributed by atoms with Gasteiger partial charge in [-0.3, -0.25) is 0 Å². The SMILES string of the molecule is N[C@@H]1CCC(Nc2ncc3cc(-c4ccc(N[S+]([O-])c5ccccc5Cl)c(F)c4)ccc3n2)C1. The largest absolute Gasteiger partial charge is 0.588 e. The first-order chi connectivity index (χ1) is 16.5. The average Bonchev–Trinajstić information content (AvgIpc) is 3.24. The van der Waals surface area contributed by atoms with E-state index in [1.807, 2.05) is 18.2 Å². The summed E-state index contributed by atoms with van der Waals surface area (Å²) in [6.45, 7) is 0. The molecule has 2 unspecified atom stereocenters. The number of rotatable bonds is 6. The summed E-state index contributed by atoms with van der Waals surface area (Å²) in [5.41, 5.74) is 8.44. The van der Waals surface area contributed by atoms with E-state index in [4.69, 9.17) is 17.3 Å². The lowest BCUT2D eigenvalue weighted by atomic mass is 10.0. The van der Waals surface area contributed by atoms with Gasteiger partial charge in [0.1, 0.15) is 17.0 Å². The van der Waals surface area contributed by atoms with Gasteiger partial charge in [0.25, 0.3) is 0 Å². The second kappa shape index (κ2) is 9.76. The van der Waals surface area contributed by atoms with Gasteiger partial charge in [-0.2, -0.15) is 0 Å². The van der Waals surface area contributed by atoms with Crippen LogP contribution in [0.15, 0.2) is 71.8 Å². The van der Waals surface area contributed by atoms with Crippen LogP contribution in [0.25, 0.3) is 22.0 Å². The molecule has 0 spiro atoms. The number of hydrogen-bond acceptors (Lipinski definition) is 6. The van der Waals surface area contributed by atoms with Crippen molar-refractivity contribution in [2.24, 2.45) is 5.73 Å². The maximum Gasteiger partial charge on any atom is 0.223 e. The maximum atomic E-state index is 14.8. The first-order valence-corrected chi connectivity index (χ1v) is 12.5. The number of fused-ring (bicyclic) bond motifs is 1. The van der Waals surface area contributed by atoms with Crippen LogP contribution in [0, 0.1) is 5.82 Å². The van der Waals surface area contributed by atoms with Gasteiger partial charge in [-0.25, -0.2) is 19.1 Å². The molecule has 0 bridgehead atoms. The van der Waals surface area contributed by atoms with Gasteiger partial charge in [-0.1, -0.05) is 35.9 Å². The average molecular weight is 496 g/mol. The van der Waals surface area contributed by atoms with Crippen molar-refractivity contribution >= 4 is 45.5 Å². The van der Waals surface area contributed by atoms with Crippen molar-refractivity contribution in [3.63, 3.8) is 0 Å². The zero-order valence-electron chi connectivity index (χ0n) is 18.2. The van der Waals surface area contributed by atoms with Gasteiger partial charge in [0.15, 0.2) is 10.7 Å². The molecule has 0 radical (unpaired) electrons. The highest BCUT2D eigenvalue weighted by molar-refractivity contribution is 7.92. The van der Waals surface area contributed by atoms with Crippen molar-refractivity contribution in [2.45, 2.75) is 36.2 Å². The summed E-state index contributed by atoms with van der Waals surface area (Å²) >= 11 is 4.41. The first-order valence-electron chi connectivity index (χ1n) is 11.0. The molecule has 0 amide bonds. The smallest absolute Gasteiger partial charge is 0.223 e. The predicted octanol–water partition coefficient (Wildman–Crippen LogP) is 5.52. The van der Waals surface area contributed by atoms with Crippen LogP contribution in [-0.2, 0) is 11.4 Å². The molecule has 4 N–H and O–H groups in total. The van der Waals surface area contributed by atoms with Crippen molar-refractivity contribution in [3.05, 3.63) is 77.7 Å². The fraction of sp³-hybridized carbons (Fsp3) is 0.200. The Bertz CT molecular complexity index is 1340. The first kappa shape index (κ1) is 22.9. The van der Waals surface area contributed by atoms with Gasteiger partial charge >= 0.3 is 0 Å². The summed E-state index contributed by atoms with van der Waals surface area (Å²) in [5, 5.41) is 4.57. The number of anilines is 2. The molecule has 6 nitrogen and oxygen atoms in total. The number of nitrogens with zero attached hydrogens (tertiary/aromatic N) is 2. The second-order valence-electron chi connectivity index (χ2n) is 8.38.